The molecule has 1 aliphatic heterocycles. The highest BCUT2D eigenvalue weighted by Crippen LogP contribution is 2.18. The molecule has 0 aromatic rings. The lowest BCUT2D eigenvalue weighted by Gasteiger charge is -2.20. The number of rotatable bonds is 4. The van der Waals surface area contributed by atoms with Crippen LogP contribution in [0.25, 0.3) is 0 Å². The van der Waals surface area contributed by atoms with Crippen molar-refractivity contribution in [2.75, 3.05) is 20.2 Å². The van der Waals surface area contributed by atoms with Crippen LogP contribution in [0.5, 0.6) is 0 Å². The Morgan fingerprint density at radius 1 is 1.67 bits per heavy atom. The Labute approximate surface area is 88.3 Å². The lowest BCUT2D eigenvalue weighted by atomic mass is 10.2. The average Bonchev–Trinajstić information content (AvgIpc) is 2.58. The number of aliphatic hydroxyl groups excluding tert-OH is 1. The van der Waals surface area contributed by atoms with Gasteiger partial charge in [0.2, 0.25) is 0 Å². The van der Waals surface area contributed by atoms with E-state index in [-0.39, 0.29) is 12.3 Å². The largest absolute Gasteiger partial charge is 0.468 e. The van der Waals surface area contributed by atoms with Crippen LogP contribution in [-0.4, -0.2) is 54.1 Å². The van der Waals surface area contributed by atoms with E-state index < -0.39 is 18.1 Å². The predicted molar refractivity (Wildman–Crippen MR) is 53.2 cm³/mol. The Hall–Kier alpha value is -1.20. The van der Waals surface area contributed by atoms with Crippen LogP contribution in [0, 0.1) is 0 Å². The van der Waals surface area contributed by atoms with Gasteiger partial charge in [-0.25, -0.2) is 0 Å². The van der Waals surface area contributed by atoms with E-state index in [9.17, 15) is 14.7 Å². The van der Waals surface area contributed by atoms with Crippen LogP contribution in [0.1, 0.15) is 6.42 Å². The molecule has 0 saturated carbocycles. The summed E-state index contributed by atoms with van der Waals surface area (Å²) in [5.41, 5.74) is 0. The summed E-state index contributed by atoms with van der Waals surface area (Å²) in [6.45, 7) is 3.77. The smallest absolute Gasteiger partial charge is 0.323 e. The number of carbonyl (C=O) groups excluding carboxylic acids is 2. The van der Waals surface area contributed by atoms with Crippen LogP contribution in [0.15, 0.2) is 12.7 Å². The van der Waals surface area contributed by atoms with Crippen LogP contribution in [-0.2, 0) is 14.3 Å². The summed E-state index contributed by atoms with van der Waals surface area (Å²) in [5, 5.41) is 9.41. The van der Waals surface area contributed by atoms with E-state index in [2.05, 4.69) is 11.3 Å². The predicted octanol–water partition coefficient (Wildman–Crippen LogP) is -0.650. The number of esters is 1. The van der Waals surface area contributed by atoms with Gasteiger partial charge in [0.05, 0.1) is 19.8 Å². The number of hydrogen-bond donors (Lipinski definition) is 1. The minimum absolute atomic E-state index is 0.0975. The highest BCUT2D eigenvalue weighted by atomic mass is 16.5. The van der Waals surface area contributed by atoms with Gasteiger partial charge in [0.1, 0.15) is 6.04 Å². The SMILES string of the molecule is C=CC(=O)CN1C[C@@H](O)C[C@@H]1C(=O)OC. The van der Waals surface area contributed by atoms with Gasteiger partial charge in [0.15, 0.2) is 5.78 Å². The number of ether oxygens (including phenoxy) is 1. The number of likely N-dealkylation sites (tertiary alicyclic amines) is 1. The van der Waals surface area contributed by atoms with E-state index in [1.807, 2.05) is 0 Å². The van der Waals surface area contributed by atoms with E-state index in [0.717, 1.165) is 0 Å². The van der Waals surface area contributed by atoms with Crippen molar-refractivity contribution in [3.05, 3.63) is 12.7 Å². The zero-order valence-corrected chi connectivity index (χ0v) is 8.68. The van der Waals surface area contributed by atoms with Crippen molar-refractivity contribution in [3.8, 4) is 0 Å². The Balaban J connectivity index is 2.64. The minimum Gasteiger partial charge on any atom is -0.468 e. The molecule has 1 aliphatic rings. The van der Waals surface area contributed by atoms with Crippen LogP contribution >= 0.6 is 0 Å². The standard InChI is InChI=1S/C10H15NO4/c1-3-7(12)5-11-6-8(13)4-9(11)10(14)15-2/h3,8-9,13H,1,4-6H2,2H3/t8-,9+/m0/s1. The molecule has 0 spiro atoms. The topological polar surface area (TPSA) is 66.8 Å². The number of ketones is 1. The summed E-state index contributed by atoms with van der Waals surface area (Å²) in [4.78, 5) is 24.1. The molecule has 0 bridgehead atoms. The van der Waals surface area contributed by atoms with Gasteiger partial charge >= 0.3 is 5.97 Å². The van der Waals surface area contributed by atoms with Gasteiger partial charge in [0, 0.05) is 13.0 Å². The van der Waals surface area contributed by atoms with Gasteiger partial charge in [0.25, 0.3) is 0 Å². The molecule has 15 heavy (non-hydrogen) atoms. The summed E-state index contributed by atoms with van der Waals surface area (Å²) in [7, 11) is 1.29. The second-order valence-corrected chi connectivity index (χ2v) is 3.53. The number of hydrogen-bond acceptors (Lipinski definition) is 5. The van der Waals surface area contributed by atoms with Gasteiger partial charge in [-0.05, 0) is 6.08 Å². The maximum atomic E-state index is 11.3. The van der Waals surface area contributed by atoms with Crippen LogP contribution in [0.3, 0.4) is 0 Å². The molecule has 5 nitrogen and oxygen atoms in total. The third-order valence-corrected chi connectivity index (χ3v) is 2.44. The zero-order valence-electron chi connectivity index (χ0n) is 8.68. The van der Waals surface area contributed by atoms with Crippen molar-refractivity contribution in [1.29, 1.82) is 0 Å². The van der Waals surface area contributed by atoms with Crippen molar-refractivity contribution < 1.29 is 19.4 Å². The number of β-amino-alcohol motifs (C(OH)–C–C–N with tert-alkyl or cyclic N) is 1. The van der Waals surface area contributed by atoms with E-state index in [1.165, 1.54) is 13.2 Å². The quantitative estimate of drug-likeness (QED) is 0.496. The van der Waals surface area contributed by atoms with Gasteiger partial charge < -0.3 is 9.84 Å². The fourth-order valence-corrected chi connectivity index (χ4v) is 1.70. The summed E-state index contributed by atoms with van der Waals surface area (Å²) >= 11 is 0. The molecule has 0 unspecified atom stereocenters. The second kappa shape index (κ2) is 5.04. The number of methoxy groups -OCH3 is 1. The molecule has 0 radical (unpaired) electrons. The molecule has 2 atom stereocenters. The Bertz CT molecular complexity index is 277. The van der Waals surface area contributed by atoms with Gasteiger partial charge in [-0.15, -0.1) is 0 Å². The minimum atomic E-state index is -0.577. The van der Waals surface area contributed by atoms with E-state index >= 15 is 0 Å². The number of nitrogens with zero attached hydrogens (tertiary/aromatic N) is 1. The zero-order chi connectivity index (χ0) is 11.4. The van der Waals surface area contributed by atoms with Gasteiger partial charge in [-0.3, -0.25) is 14.5 Å². The highest BCUT2D eigenvalue weighted by Gasteiger charge is 2.37. The van der Waals surface area contributed by atoms with Gasteiger partial charge in [-0.2, -0.15) is 0 Å². The Kier molecular flexibility index (Phi) is 3.99. The third kappa shape index (κ3) is 2.87. The molecule has 1 rings (SSSR count). The molecular weight excluding hydrogens is 198 g/mol. The van der Waals surface area contributed by atoms with E-state index in [0.29, 0.717) is 13.0 Å². The fourth-order valence-electron chi connectivity index (χ4n) is 1.70. The number of aliphatic hydroxyl groups is 1. The van der Waals surface area contributed by atoms with Crippen LogP contribution in [0.2, 0.25) is 0 Å². The average molecular weight is 213 g/mol. The second-order valence-electron chi connectivity index (χ2n) is 3.53. The first-order valence-electron chi connectivity index (χ1n) is 4.73. The van der Waals surface area contributed by atoms with Crippen molar-refractivity contribution >= 4 is 11.8 Å². The molecule has 0 aliphatic carbocycles. The monoisotopic (exact) mass is 213 g/mol. The molecular formula is C10H15NO4. The molecule has 0 aromatic heterocycles. The maximum Gasteiger partial charge on any atom is 0.323 e. The molecule has 0 aromatic carbocycles. The first-order valence-corrected chi connectivity index (χ1v) is 4.73. The Morgan fingerprint density at radius 2 is 2.33 bits per heavy atom. The summed E-state index contributed by atoms with van der Waals surface area (Å²) < 4.78 is 4.60. The van der Waals surface area contributed by atoms with Crippen molar-refractivity contribution in [2.24, 2.45) is 0 Å². The first-order chi connectivity index (χ1) is 7.08. The van der Waals surface area contributed by atoms with Crippen molar-refractivity contribution in [3.63, 3.8) is 0 Å². The normalized spacial score (nSPS) is 26.3. The summed E-state index contributed by atoms with van der Waals surface area (Å²) in [6.07, 6.45) is 0.947. The lowest BCUT2D eigenvalue weighted by molar-refractivity contribution is -0.146. The molecule has 1 fully saturated rings. The molecule has 84 valence electrons. The van der Waals surface area contributed by atoms with Crippen molar-refractivity contribution in [1.82, 2.24) is 4.90 Å². The fraction of sp³-hybridized carbons (Fsp3) is 0.600. The molecule has 1 N–H and O–H groups in total. The first kappa shape index (κ1) is 11.9. The third-order valence-electron chi connectivity index (χ3n) is 2.44. The van der Waals surface area contributed by atoms with Crippen LogP contribution in [0.4, 0.5) is 0 Å². The maximum absolute atomic E-state index is 11.3. The summed E-state index contributed by atoms with van der Waals surface area (Å²) in [5.74, 6) is -0.582. The molecule has 0 amide bonds. The van der Waals surface area contributed by atoms with E-state index in [1.54, 1.807) is 4.90 Å². The van der Waals surface area contributed by atoms with Crippen molar-refractivity contribution in [2.45, 2.75) is 18.6 Å². The Morgan fingerprint density at radius 3 is 2.87 bits per heavy atom. The van der Waals surface area contributed by atoms with Gasteiger partial charge in [-0.1, -0.05) is 6.58 Å². The highest BCUT2D eigenvalue weighted by molar-refractivity contribution is 5.91. The molecule has 1 heterocycles. The molecule has 5 heteroatoms. The van der Waals surface area contributed by atoms with Crippen LogP contribution < -0.4 is 0 Å². The number of carbonyl (C=O) groups is 2. The molecule has 1 saturated heterocycles. The summed E-state index contributed by atoms with van der Waals surface area (Å²) in [6, 6.07) is -0.520. The van der Waals surface area contributed by atoms with E-state index in [4.69, 9.17) is 0 Å². The lowest BCUT2D eigenvalue weighted by Crippen LogP contribution is -2.39.